The molecule has 120 valence electrons. The molecule has 1 N–H and O–H groups in total. The minimum absolute atomic E-state index is 0.0595. The molecule has 0 bridgehead atoms. The Hall–Kier alpha value is -1.96. The summed E-state index contributed by atoms with van der Waals surface area (Å²) in [6.07, 6.45) is 4.33. The molecule has 8 heteroatoms. The highest BCUT2D eigenvalue weighted by Gasteiger charge is 2.31. The van der Waals surface area contributed by atoms with Gasteiger partial charge in [0.05, 0.1) is 11.5 Å². The molecule has 1 aromatic rings. The molecule has 1 saturated heterocycles. The number of aromatic nitrogens is 1. The first-order valence-electron chi connectivity index (χ1n) is 7.03. The number of nitrogens with zero attached hydrogens (tertiary/aromatic N) is 2. The Morgan fingerprint density at radius 2 is 2.05 bits per heavy atom. The van der Waals surface area contributed by atoms with Crippen molar-refractivity contribution in [2.75, 3.05) is 25.1 Å². The maximum Gasteiger partial charge on any atom is 0.311 e. The first-order valence-corrected chi connectivity index (χ1v) is 8.85. The molecule has 2 rings (SSSR count). The Labute approximate surface area is 129 Å². The van der Waals surface area contributed by atoms with E-state index >= 15 is 0 Å². The van der Waals surface area contributed by atoms with Crippen molar-refractivity contribution in [3.63, 3.8) is 0 Å². The molecule has 2 amide bonds. The van der Waals surface area contributed by atoms with E-state index in [1.54, 1.807) is 19.4 Å². The van der Waals surface area contributed by atoms with E-state index in [0.717, 1.165) is 5.56 Å². The normalized spacial score (nSPS) is 19.6. The molecule has 1 aliphatic heterocycles. The highest BCUT2D eigenvalue weighted by atomic mass is 32.2. The average Bonchev–Trinajstić information content (AvgIpc) is 2.83. The summed E-state index contributed by atoms with van der Waals surface area (Å²) in [5.74, 6) is -1.44. The van der Waals surface area contributed by atoms with Gasteiger partial charge in [0, 0.05) is 32.0 Å². The summed E-state index contributed by atoms with van der Waals surface area (Å²) in [5, 5.41) is 2.49. The Morgan fingerprint density at radius 3 is 2.64 bits per heavy atom. The highest BCUT2D eigenvalue weighted by Crippen LogP contribution is 2.11. The van der Waals surface area contributed by atoms with Gasteiger partial charge in [0.25, 0.3) is 0 Å². The average molecular weight is 325 g/mol. The lowest BCUT2D eigenvalue weighted by atomic mass is 10.2. The van der Waals surface area contributed by atoms with Gasteiger partial charge in [-0.25, -0.2) is 8.42 Å². The molecular formula is C14H19N3O4S. The lowest BCUT2D eigenvalue weighted by Crippen LogP contribution is -2.46. The predicted molar refractivity (Wildman–Crippen MR) is 80.8 cm³/mol. The third-order valence-corrected chi connectivity index (χ3v) is 5.36. The van der Waals surface area contributed by atoms with Gasteiger partial charge in [-0.3, -0.25) is 14.6 Å². The zero-order valence-corrected chi connectivity index (χ0v) is 13.2. The van der Waals surface area contributed by atoms with E-state index in [-0.39, 0.29) is 11.5 Å². The maximum absolute atomic E-state index is 12.0. The van der Waals surface area contributed by atoms with E-state index in [4.69, 9.17) is 0 Å². The molecule has 1 aromatic heterocycles. The Bertz CT molecular complexity index is 645. The minimum atomic E-state index is -3.08. The Kier molecular flexibility index (Phi) is 5.12. The summed E-state index contributed by atoms with van der Waals surface area (Å²) in [6.45, 7) is 0.402. The van der Waals surface area contributed by atoms with Gasteiger partial charge in [-0.15, -0.1) is 0 Å². The van der Waals surface area contributed by atoms with Crippen LogP contribution in [-0.4, -0.2) is 61.3 Å². The first-order chi connectivity index (χ1) is 10.4. The van der Waals surface area contributed by atoms with E-state index in [9.17, 15) is 18.0 Å². The molecule has 2 heterocycles. The zero-order chi connectivity index (χ0) is 16.2. The summed E-state index contributed by atoms with van der Waals surface area (Å²) < 4.78 is 22.7. The van der Waals surface area contributed by atoms with Crippen LogP contribution in [0.4, 0.5) is 0 Å². The third kappa shape index (κ3) is 4.52. The van der Waals surface area contributed by atoms with Crippen LogP contribution in [0, 0.1) is 0 Å². The Balaban J connectivity index is 1.81. The fraction of sp³-hybridized carbons (Fsp3) is 0.500. The molecule has 0 radical (unpaired) electrons. The van der Waals surface area contributed by atoms with Gasteiger partial charge >= 0.3 is 11.8 Å². The lowest BCUT2D eigenvalue weighted by molar-refractivity contribution is -0.145. The van der Waals surface area contributed by atoms with Gasteiger partial charge in [-0.1, -0.05) is 0 Å². The largest absolute Gasteiger partial charge is 0.344 e. The number of hydrogen-bond acceptors (Lipinski definition) is 5. The summed E-state index contributed by atoms with van der Waals surface area (Å²) >= 11 is 0. The number of rotatable bonds is 4. The van der Waals surface area contributed by atoms with E-state index in [1.807, 2.05) is 12.1 Å². The van der Waals surface area contributed by atoms with Crippen LogP contribution in [0.5, 0.6) is 0 Å². The number of hydrogen-bond donors (Lipinski definition) is 1. The SMILES string of the molecule is CN(CCc1ccncc1)C(=O)C(=O)NC1CCS(=O)(=O)C1. The fourth-order valence-corrected chi connectivity index (χ4v) is 3.95. The summed E-state index contributed by atoms with van der Waals surface area (Å²) in [5.41, 5.74) is 1.02. The van der Waals surface area contributed by atoms with Crippen molar-refractivity contribution in [2.24, 2.45) is 0 Å². The molecule has 0 aliphatic carbocycles. The predicted octanol–water partition coefficient (Wildman–Crippen LogP) is -0.614. The molecule has 1 atom stereocenters. The lowest BCUT2D eigenvalue weighted by Gasteiger charge is -2.18. The third-order valence-electron chi connectivity index (χ3n) is 3.59. The number of pyridine rings is 1. The number of sulfone groups is 1. The molecule has 1 fully saturated rings. The quantitative estimate of drug-likeness (QED) is 0.745. The topological polar surface area (TPSA) is 96.4 Å². The molecule has 0 spiro atoms. The summed E-state index contributed by atoms with van der Waals surface area (Å²) in [4.78, 5) is 29.1. The minimum Gasteiger partial charge on any atom is -0.344 e. The van der Waals surface area contributed by atoms with Crippen molar-refractivity contribution in [3.8, 4) is 0 Å². The van der Waals surface area contributed by atoms with Gasteiger partial charge in [0.15, 0.2) is 9.84 Å². The molecule has 1 unspecified atom stereocenters. The van der Waals surface area contributed by atoms with Gasteiger partial charge in [0.1, 0.15) is 0 Å². The monoisotopic (exact) mass is 325 g/mol. The van der Waals surface area contributed by atoms with Crippen LogP contribution in [0.1, 0.15) is 12.0 Å². The van der Waals surface area contributed by atoms with E-state index in [0.29, 0.717) is 19.4 Å². The molecule has 22 heavy (non-hydrogen) atoms. The van der Waals surface area contributed by atoms with Crippen LogP contribution in [-0.2, 0) is 25.8 Å². The van der Waals surface area contributed by atoms with Crippen molar-refractivity contribution < 1.29 is 18.0 Å². The second-order valence-electron chi connectivity index (χ2n) is 5.41. The van der Waals surface area contributed by atoms with Crippen LogP contribution >= 0.6 is 0 Å². The molecular weight excluding hydrogens is 306 g/mol. The number of likely N-dealkylation sites (N-methyl/N-ethyl adjacent to an activating group) is 1. The van der Waals surface area contributed by atoms with E-state index in [1.165, 1.54) is 4.90 Å². The van der Waals surface area contributed by atoms with Crippen molar-refractivity contribution in [3.05, 3.63) is 30.1 Å². The van der Waals surface area contributed by atoms with E-state index < -0.39 is 27.7 Å². The van der Waals surface area contributed by atoms with Gasteiger partial charge in [0.2, 0.25) is 0 Å². The van der Waals surface area contributed by atoms with Crippen LogP contribution in [0.3, 0.4) is 0 Å². The molecule has 1 aliphatic rings. The number of carbonyl (C=O) groups excluding carboxylic acids is 2. The molecule has 0 saturated carbocycles. The zero-order valence-electron chi connectivity index (χ0n) is 12.4. The summed E-state index contributed by atoms with van der Waals surface area (Å²) in [6, 6.07) is 3.24. The molecule has 0 aromatic carbocycles. The van der Waals surface area contributed by atoms with Gasteiger partial charge < -0.3 is 10.2 Å². The fourth-order valence-electron chi connectivity index (χ4n) is 2.28. The van der Waals surface area contributed by atoms with Crippen molar-refractivity contribution in [1.29, 1.82) is 0 Å². The summed E-state index contributed by atoms with van der Waals surface area (Å²) in [7, 11) is -1.53. The van der Waals surface area contributed by atoms with Crippen LogP contribution in [0.15, 0.2) is 24.5 Å². The van der Waals surface area contributed by atoms with Gasteiger partial charge in [-0.2, -0.15) is 0 Å². The van der Waals surface area contributed by atoms with Crippen LogP contribution in [0.2, 0.25) is 0 Å². The van der Waals surface area contributed by atoms with E-state index in [2.05, 4.69) is 10.3 Å². The number of nitrogens with one attached hydrogen (secondary N) is 1. The van der Waals surface area contributed by atoms with Gasteiger partial charge in [-0.05, 0) is 30.5 Å². The van der Waals surface area contributed by atoms with Crippen molar-refractivity contribution in [2.45, 2.75) is 18.9 Å². The number of amides is 2. The van der Waals surface area contributed by atoms with Crippen molar-refractivity contribution in [1.82, 2.24) is 15.2 Å². The van der Waals surface area contributed by atoms with Crippen LogP contribution in [0.25, 0.3) is 0 Å². The van der Waals surface area contributed by atoms with Crippen LogP contribution < -0.4 is 5.32 Å². The number of carbonyl (C=O) groups is 2. The second kappa shape index (κ2) is 6.87. The standard InChI is InChI=1S/C14H19N3O4S/c1-17(8-4-11-2-6-15-7-3-11)14(19)13(18)16-12-5-9-22(20,21)10-12/h2-3,6-7,12H,4-5,8-10H2,1H3,(H,16,18). The maximum atomic E-state index is 12.0. The first kappa shape index (κ1) is 16.4. The molecule has 7 nitrogen and oxygen atoms in total. The second-order valence-corrected chi connectivity index (χ2v) is 7.63. The smallest absolute Gasteiger partial charge is 0.311 e. The van der Waals surface area contributed by atoms with Crippen molar-refractivity contribution >= 4 is 21.7 Å². The Morgan fingerprint density at radius 1 is 1.36 bits per heavy atom. The highest BCUT2D eigenvalue weighted by molar-refractivity contribution is 7.91.